The van der Waals surface area contributed by atoms with Crippen LogP contribution in [0, 0.1) is 0 Å². The normalized spacial score (nSPS) is 11.5. The minimum atomic E-state index is -4.32. The molecule has 0 bridgehead atoms. The van der Waals surface area contributed by atoms with Crippen LogP contribution < -0.4 is 0 Å². The van der Waals surface area contributed by atoms with E-state index in [-0.39, 0.29) is 5.56 Å². The third kappa shape index (κ3) is 2.36. The van der Waals surface area contributed by atoms with Gasteiger partial charge in [0.15, 0.2) is 6.67 Å². The molecule has 0 saturated carbocycles. The van der Waals surface area contributed by atoms with Gasteiger partial charge in [-0.15, -0.1) is 0 Å². The van der Waals surface area contributed by atoms with E-state index in [4.69, 9.17) is 0 Å². The lowest BCUT2D eigenvalue weighted by atomic mass is 9.99. The lowest BCUT2D eigenvalue weighted by Gasteiger charge is -2.12. The van der Waals surface area contributed by atoms with Gasteiger partial charge >= 0.3 is 5.92 Å². The summed E-state index contributed by atoms with van der Waals surface area (Å²) in [4.78, 5) is 22.3. The average Bonchev–Trinajstić information content (AvgIpc) is 2.44. The molecule has 2 rings (SSSR count). The molecule has 0 amide bonds. The summed E-state index contributed by atoms with van der Waals surface area (Å²) in [5, 5.41) is 1.37. The summed E-state index contributed by atoms with van der Waals surface area (Å²) in [5.41, 5.74) is -0.314. The molecule has 5 heteroatoms. The fourth-order valence-corrected chi connectivity index (χ4v) is 1.72. The van der Waals surface area contributed by atoms with E-state index in [0.29, 0.717) is 5.39 Å². The van der Waals surface area contributed by atoms with Crippen molar-refractivity contribution in [1.29, 1.82) is 0 Å². The molecule has 0 N–H and O–H groups in total. The first-order chi connectivity index (χ1) is 8.96. The molecule has 0 spiro atoms. The molecule has 0 heterocycles. The Kier molecular flexibility index (Phi) is 3.38. The number of benzene rings is 2. The van der Waals surface area contributed by atoms with Gasteiger partial charge in [0.25, 0.3) is 0 Å². The summed E-state index contributed by atoms with van der Waals surface area (Å²) < 4.78 is 38.7. The second kappa shape index (κ2) is 4.84. The highest BCUT2D eigenvalue weighted by atomic mass is 19.3. The van der Waals surface area contributed by atoms with Gasteiger partial charge in [0.1, 0.15) is 0 Å². The second-order valence-electron chi connectivity index (χ2n) is 4.02. The highest BCUT2D eigenvalue weighted by Gasteiger charge is 2.46. The van der Waals surface area contributed by atoms with Gasteiger partial charge in [-0.2, -0.15) is 8.78 Å². The van der Waals surface area contributed by atoms with Gasteiger partial charge in [-0.05, 0) is 16.8 Å². The van der Waals surface area contributed by atoms with Gasteiger partial charge in [-0.1, -0.05) is 36.4 Å². The third-order valence-electron chi connectivity index (χ3n) is 2.77. The number of hydrogen-bond donors (Lipinski definition) is 0. The van der Waals surface area contributed by atoms with Gasteiger partial charge < -0.3 is 0 Å². The van der Waals surface area contributed by atoms with Crippen LogP contribution in [-0.2, 0) is 4.79 Å². The molecule has 0 aliphatic rings. The van der Waals surface area contributed by atoms with Crippen molar-refractivity contribution in [3.63, 3.8) is 0 Å². The molecule has 0 fully saturated rings. The Labute approximate surface area is 106 Å². The molecule has 2 aromatic carbocycles. The Bertz CT molecular complexity index is 650. The Hall–Kier alpha value is -2.17. The summed E-state index contributed by atoms with van der Waals surface area (Å²) in [6.07, 6.45) is 0. The summed E-state index contributed by atoms with van der Waals surface area (Å²) in [6.45, 7) is -1.87. The van der Waals surface area contributed by atoms with E-state index in [9.17, 15) is 22.8 Å². The van der Waals surface area contributed by atoms with Crippen LogP contribution in [0.2, 0.25) is 0 Å². The van der Waals surface area contributed by atoms with Crippen molar-refractivity contribution in [2.45, 2.75) is 5.92 Å². The van der Waals surface area contributed by atoms with Crippen LogP contribution in [0.4, 0.5) is 13.2 Å². The first-order valence-electron chi connectivity index (χ1n) is 5.47. The van der Waals surface area contributed by atoms with Crippen molar-refractivity contribution in [3.8, 4) is 0 Å². The molecular weight excluding hydrogens is 257 g/mol. The largest absolute Gasteiger partial charge is 0.369 e. The number of carbonyl (C=O) groups is 2. The van der Waals surface area contributed by atoms with Crippen LogP contribution in [-0.4, -0.2) is 24.2 Å². The predicted molar refractivity (Wildman–Crippen MR) is 64.2 cm³/mol. The van der Waals surface area contributed by atoms with E-state index in [0.717, 1.165) is 5.39 Å². The molecule has 0 unspecified atom stereocenters. The summed E-state index contributed by atoms with van der Waals surface area (Å²) in [6, 6.07) is 10.8. The van der Waals surface area contributed by atoms with E-state index >= 15 is 0 Å². The zero-order valence-electron chi connectivity index (χ0n) is 9.70. The molecule has 98 valence electrons. The highest BCUT2D eigenvalue weighted by molar-refractivity contribution is 6.17. The molecule has 0 aromatic heterocycles. The molecule has 0 aliphatic carbocycles. The summed E-state index contributed by atoms with van der Waals surface area (Å²) in [7, 11) is 0. The van der Waals surface area contributed by atoms with E-state index in [1.807, 2.05) is 0 Å². The number of rotatable bonds is 4. The fourth-order valence-electron chi connectivity index (χ4n) is 1.72. The monoisotopic (exact) mass is 266 g/mol. The van der Waals surface area contributed by atoms with Crippen molar-refractivity contribution in [1.82, 2.24) is 0 Å². The topological polar surface area (TPSA) is 34.1 Å². The Morgan fingerprint density at radius 3 is 2.26 bits per heavy atom. The smallest absolute Gasteiger partial charge is 0.289 e. The average molecular weight is 266 g/mol. The van der Waals surface area contributed by atoms with Crippen LogP contribution in [0.3, 0.4) is 0 Å². The molecule has 0 aliphatic heterocycles. The van der Waals surface area contributed by atoms with Gasteiger partial charge in [0.2, 0.25) is 11.6 Å². The zero-order chi connectivity index (χ0) is 14.0. The molecule has 0 saturated heterocycles. The third-order valence-corrected chi connectivity index (χ3v) is 2.77. The van der Waals surface area contributed by atoms with Crippen molar-refractivity contribution < 1.29 is 22.8 Å². The fraction of sp³-hybridized carbons (Fsp3) is 0.143. The Morgan fingerprint density at radius 2 is 1.63 bits per heavy atom. The lowest BCUT2D eigenvalue weighted by Crippen LogP contribution is -2.39. The first kappa shape index (κ1) is 13.3. The number of Topliss-reactive ketones (excluding diaryl/α,β-unsaturated/α-hetero) is 2. The molecule has 0 atom stereocenters. The van der Waals surface area contributed by atoms with Crippen LogP contribution in [0.1, 0.15) is 10.4 Å². The number of carbonyl (C=O) groups excluding carboxylic acids is 2. The molecular formula is C14H9F3O2. The maximum absolute atomic E-state index is 13.4. The predicted octanol–water partition coefficient (Wildman–Crippen LogP) is 3.20. The quantitative estimate of drug-likeness (QED) is 0.629. The number of halogens is 3. The summed E-state index contributed by atoms with van der Waals surface area (Å²) in [5.74, 6) is -8.02. The molecule has 2 nitrogen and oxygen atoms in total. The molecule has 19 heavy (non-hydrogen) atoms. The number of fused-ring (bicyclic) bond motifs is 1. The minimum Gasteiger partial charge on any atom is -0.289 e. The molecule has 2 aromatic rings. The number of alkyl halides is 3. The Morgan fingerprint density at radius 1 is 1.00 bits per heavy atom. The van der Waals surface area contributed by atoms with Crippen molar-refractivity contribution in [3.05, 3.63) is 48.0 Å². The summed E-state index contributed by atoms with van der Waals surface area (Å²) >= 11 is 0. The first-order valence-corrected chi connectivity index (χ1v) is 5.47. The van der Waals surface area contributed by atoms with E-state index < -0.39 is 24.2 Å². The van der Waals surface area contributed by atoms with Gasteiger partial charge in [0, 0.05) is 5.56 Å². The van der Waals surface area contributed by atoms with Gasteiger partial charge in [-0.3, -0.25) is 9.59 Å². The number of ketones is 2. The zero-order valence-corrected chi connectivity index (χ0v) is 9.70. The lowest BCUT2D eigenvalue weighted by molar-refractivity contribution is -0.137. The maximum Gasteiger partial charge on any atom is 0.369 e. The van der Waals surface area contributed by atoms with E-state index in [1.165, 1.54) is 18.2 Å². The van der Waals surface area contributed by atoms with E-state index in [2.05, 4.69) is 0 Å². The van der Waals surface area contributed by atoms with Crippen molar-refractivity contribution in [2.24, 2.45) is 0 Å². The Balaban J connectivity index is 2.44. The SMILES string of the molecule is O=C(CF)C(F)(F)C(=O)c1ccc2ccccc2c1. The van der Waals surface area contributed by atoms with Crippen molar-refractivity contribution in [2.75, 3.05) is 6.67 Å². The van der Waals surface area contributed by atoms with Crippen LogP contribution in [0.5, 0.6) is 0 Å². The van der Waals surface area contributed by atoms with Gasteiger partial charge in [-0.25, -0.2) is 4.39 Å². The van der Waals surface area contributed by atoms with Crippen LogP contribution in [0.25, 0.3) is 10.8 Å². The van der Waals surface area contributed by atoms with E-state index in [1.54, 1.807) is 24.3 Å². The maximum atomic E-state index is 13.4. The highest BCUT2D eigenvalue weighted by Crippen LogP contribution is 2.24. The standard InChI is InChI=1S/C14H9F3O2/c15-8-12(18)14(16,17)13(19)11-6-5-9-3-1-2-4-10(9)7-11/h1-7H,8H2. The molecule has 0 radical (unpaired) electrons. The van der Waals surface area contributed by atoms with Crippen LogP contribution in [0.15, 0.2) is 42.5 Å². The van der Waals surface area contributed by atoms with Crippen molar-refractivity contribution >= 4 is 22.3 Å². The second-order valence-corrected chi connectivity index (χ2v) is 4.02. The van der Waals surface area contributed by atoms with Crippen LogP contribution >= 0.6 is 0 Å². The van der Waals surface area contributed by atoms with Gasteiger partial charge in [0.05, 0.1) is 0 Å². The minimum absolute atomic E-state index is 0.314. The number of hydrogen-bond acceptors (Lipinski definition) is 2.